The first-order valence-electron chi connectivity index (χ1n) is 6.68. The number of hydrogen-bond acceptors (Lipinski definition) is 6. The molecule has 2 N–H and O–H groups in total. The number of phenols is 2. The Balaban J connectivity index is 2.04. The van der Waals surface area contributed by atoms with Crippen molar-refractivity contribution < 1.29 is 24.2 Å². The number of benzene rings is 2. The number of carbonyl (C=O) groups excluding carboxylic acids is 1. The van der Waals surface area contributed by atoms with E-state index in [-0.39, 0.29) is 17.4 Å². The van der Waals surface area contributed by atoms with Crippen LogP contribution in [0.2, 0.25) is 0 Å². The van der Waals surface area contributed by atoms with Crippen molar-refractivity contribution in [2.24, 2.45) is 0 Å². The second-order valence-electron chi connectivity index (χ2n) is 4.62. The number of carbonyl (C=O) groups is 1. The van der Waals surface area contributed by atoms with Crippen molar-refractivity contribution in [3.05, 3.63) is 42.0 Å². The molecule has 3 aromatic rings. The number of ether oxygens (including phenoxy) is 1. The van der Waals surface area contributed by atoms with Gasteiger partial charge in [0.05, 0.1) is 17.7 Å². The zero-order valence-corrected chi connectivity index (χ0v) is 11.7. The van der Waals surface area contributed by atoms with Crippen LogP contribution < -0.4 is 0 Å². The van der Waals surface area contributed by atoms with E-state index in [1.165, 1.54) is 18.2 Å². The third-order valence-electron chi connectivity index (χ3n) is 3.11. The fraction of sp³-hybridized carbons (Fsp3) is 0.125. The number of rotatable bonds is 3. The highest BCUT2D eigenvalue weighted by atomic mass is 16.5. The van der Waals surface area contributed by atoms with Gasteiger partial charge < -0.3 is 19.4 Å². The van der Waals surface area contributed by atoms with E-state index in [4.69, 9.17) is 9.15 Å². The fourth-order valence-corrected chi connectivity index (χ4v) is 2.08. The molecule has 0 radical (unpaired) electrons. The Morgan fingerprint density at radius 2 is 2.05 bits per heavy atom. The standard InChI is InChI=1S/C16H13NO5/c1-2-21-16(20)9-3-6-14-12(7-9)17-15(22-14)11-5-4-10(18)8-13(11)19/h3-8,18-19H,2H2,1H3. The van der Waals surface area contributed by atoms with E-state index in [1.54, 1.807) is 25.1 Å². The van der Waals surface area contributed by atoms with E-state index < -0.39 is 5.97 Å². The lowest BCUT2D eigenvalue weighted by molar-refractivity contribution is 0.0526. The number of nitrogens with zero attached hydrogens (tertiary/aromatic N) is 1. The molecular formula is C16H13NO5. The summed E-state index contributed by atoms with van der Waals surface area (Å²) >= 11 is 0. The van der Waals surface area contributed by atoms with Gasteiger partial charge in [-0.15, -0.1) is 0 Å². The second-order valence-corrected chi connectivity index (χ2v) is 4.62. The molecule has 0 saturated heterocycles. The Morgan fingerprint density at radius 3 is 2.77 bits per heavy atom. The molecule has 0 atom stereocenters. The molecule has 0 amide bonds. The summed E-state index contributed by atoms with van der Waals surface area (Å²) in [4.78, 5) is 16.0. The third-order valence-corrected chi connectivity index (χ3v) is 3.11. The van der Waals surface area contributed by atoms with Crippen molar-refractivity contribution in [3.63, 3.8) is 0 Å². The number of aromatic nitrogens is 1. The van der Waals surface area contributed by atoms with Crippen molar-refractivity contribution in [1.29, 1.82) is 0 Å². The topological polar surface area (TPSA) is 92.8 Å². The Hall–Kier alpha value is -3.02. The van der Waals surface area contributed by atoms with Gasteiger partial charge in [0, 0.05) is 6.07 Å². The van der Waals surface area contributed by atoms with Gasteiger partial charge in [0.1, 0.15) is 17.0 Å². The van der Waals surface area contributed by atoms with Crippen LogP contribution in [0.3, 0.4) is 0 Å². The molecule has 1 aromatic heterocycles. The van der Waals surface area contributed by atoms with Gasteiger partial charge in [0.2, 0.25) is 5.89 Å². The Morgan fingerprint density at radius 1 is 1.23 bits per heavy atom. The summed E-state index contributed by atoms with van der Waals surface area (Å²) in [6.07, 6.45) is 0. The minimum absolute atomic E-state index is 0.0537. The van der Waals surface area contributed by atoms with Crippen LogP contribution in [0.25, 0.3) is 22.6 Å². The van der Waals surface area contributed by atoms with Crippen LogP contribution in [-0.4, -0.2) is 27.8 Å². The molecular weight excluding hydrogens is 286 g/mol. The molecule has 0 fully saturated rings. The second kappa shape index (κ2) is 5.40. The highest BCUT2D eigenvalue weighted by Crippen LogP contribution is 2.33. The van der Waals surface area contributed by atoms with Crippen molar-refractivity contribution in [2.45, 2.75) is 6.92 Å². The highest BCUT2D eigenvalue weighted by molar-refractivity contribution is 5.93. The lowest BCUT2D eigenvalue weighted by atomic mass is 10.2. The lowest BCUT2D eigenvalue weighted by Gasteiger charge is -2.00. The summed E-state index contributed by atoms with van der Waals surface area (Å²) in [5.41, 5.74) is 1.69. The monoisotopic (exact) mass is 299 g/mol. The number of esters is 1. The molecule has 2 aromatic carbocycles. The van der Waals surface area contributed by atoms with Crippen LogP contribution in [0, 0.1) is 0 Å². The molecule has 0 unspecified atom stereocenters. The van der Waals surface area contributed by atoms with Crippen LogP contribution in [0.15, 0.2) is 40.8 Å². The Kier molecular flexibility index (Phi) is 3.42. The summed E-state index contributed by atoms with van der Waals surface area (Å²) in [6, 6.07) is 8.91. The summed E-state index contributed by atoms with van der Waals surface area (Å²) in [6.45, 7) is 2.03. The summed E-state index contributed by atoms with van der Waals surface area (Å²) < 4.78 is 10.5. The van der Waals surface area contributed by atoms with Crippen molar-refractivity contribution in [1.82, 2.24) is 4.98 Å². The molecule has 0 aliphatic heterocycles. The van der Waals surface area contributed by atoms with Crippen molar-refractivity contribution in [3.8, 4) is 23.0 Å². The van der Waals surface area contributed by atoms with Crippen LogP contribution in [0.5, 0.6) is 11.5 Å². The van der Waals surface area contributed by atoms with Crippen LogP contribution >= 0.6 is 0 Å². The fourth-order valence-electron chi connectivity index (χ4n) is 2.08. The van der Waals surface area contributed by atoms with E-state index in [2.05, 4.69) is 4.98 Å². The van der Waals surface area contributed by atoms with E-state index in [9.17, 15) is 15.0 Å². The van der Waals surface area contributed by atoms with Crippen LogP contribution in [0.4, 0.5) is 0 Å². The Labute approximate surface area is 125 Å². The maximum absolute atomic E-state index is 11.7. The Bertz CT molecular complexity index is 853. The van der Waals surface area contributed by atoms with Gasteiger partial charge in [-0.3, -0.25) is 0 Å². The van der Waals surface area contributed by atoms with Gasteiger partial charge in [-0.1, -0.05) is 0 Å². The van der Waals surface area contributed by atoms with E-state index >= 15 is 0 Å². The molecule has 0 saturated carbocycles. The van der Waals surface area contributed by atoms with Gasteiger partial charge in [-0.2, -0.15) is 0 Å². The van der Waals surface area contributed by atoms with Crippen molar-refractivity contribution >= 4 is 17.1 Å². The predicted molar refractivity (Wildman–Crippen MR) is 78.7 cm³/mol. The maximum atomic E-state index is 11.7. The largest absolute Gasteiger partial charge is 0.508 e. The summed E-state index contributed by atoms with van der Waals surface area (Å²) in [7, 11) is 0. The number of oxazole rings is 1. The minimum Gasteiger partial charge on any atom is -0.508 e. The first kappa shape index (κ1) is 13.9. The number of phenolic OH excluding ortho intramolecular Hbond substituents is 2. The predicted octanol–water partition coefficient (Wildman–Crippen LogP) is 3.08. The van der Waals surface area contributed by atoms with Gasteiger partial charge in [0.15, 0.2) is 5.58 Å². The molecule has 0 aliphatic rings. The number of fused-ring (bicyclic) bond motifs is 1. The van der Waals surface area contributed by atoms with Gasteiger partial charge in [-0.05, 0) is 37.3 Å². The molecule has 1 heterocycles. The highest BCUT2D eigenvalue weighted by Gasteiger charge is 2.15. The van der Waals surface area contributed by atoms with E-state index in [1.807, 2.05) is 0 Å². The molecule has 0 bridgehead atoms. The smallest absolute Gasteiger partial charge is 0.338 e. The van der Waals surface area contributed by atoms with Crippen molar-refractivity contribution in [2.75, 3.05) is 6.61 Å². The SMILES string of the molecule is CCOC(=O)c1ccc2oc(-c3ccc(O)cc3O)nc2c1. The van der Waals surface area contributed by atoms with Crippen LogP contribution in [0.1, 0.15) is 17.3 Å². The summed E-state index contributed by atoms with van der Waals surface area (Å²) in [5.74, 6) is -0.422. The molecule has 6 nitrogen and oxygen atoms in total. The maximum Gasteiger partial charge on any atom is 0.338 e. The minimum atomic E-state index is -0.429. The van der Waals surface area contributed by atoms with E-state index in [0.717, 1.165) is 0 Å². The molecule has 6 heteroatoms. The van der Waals surface area contributed by atoms with Crippen LogP contribution in [-0.2, 0) is 4.74 Å². The average molecular weight is 299 g/mol. The molecule has 0 aliphatic carbocycles. The third kappa shape index (κ3) is 2.46. The zero-order chi connectivity index (χ0) is 15.7. The molecule has 3 rings (SSSR count). The van der Waals surface area contributed by atoms with Gasteiger partial charge >= 0.3 is 5.97 Å². The quantitative estimate of drug-likeness (QED) is 0.722. The van der Waals surface area contributed by atoms with E-state index in [0.29, 0.717) is 28.8 Å². The lowest BCUT2D eigenvalue weighted by Crippen LogP contribution is -2.03. The zero-order valence-electron chi connectivity index (χ0n) is 11.7. The molecule has 22 heavy (non-hydrogen) atoms. The average Bonchev–Trinajstić information content (AvgIpc) is 2.89. The number of aromatic hydroxyl groups is 2. The molecule has 0 spiro atoms. The number of hydrogen-bond donors (Lipinski definition) is 2. The van der Waals surface area contributed by atoms with Gasteiger partial charge in [-0.25, -0.2) is 9.78 Å². The normalized spacial score (nSPS) is 10.8. The van der Waals surface area contributed by atoms with Gasteiger partial charge in [0.25, 0.3) is 0 Å². The first-order valence-corrected chi connectivity index (χ1v) is 6.68. The molecule has 112 valence electrons. The summed E-state index contributed by atoms with van der Waals surface area (Å²) in [5, 5.41) is 19.2. The first-order chi connectivity index (χ1) is 10.6.